The van der Waals surface area contributed by atoms with Gasteiger partial charge in [-0.05, 0) is 48.7 Å². The Kier molecular flexibility index (Phi) is 4.84. The number of hydrogen-bond donors (Lipinski definition) is 0. The van der Waals surface area contributed by atoms with Gasteiger partial charge in [0.05, 0.1) is 5.35 Å². The number of hydrogen-bond acceptors (Lipinski definition) is 3. The molecule has 0 unspecified atom stereocenters. The Bertz CT molecular complexity index is 848. The number of rotatable bonds is 4. The van der Waals surface area contributed by atoms with E-state index in [-0.39, 0.29) is 0 Å². The maximum atomic E-state index is 4.85. The van der Waals surface area contributed by atoms with Crippen LogP contribution in [0.4, 0.5) is 5.69 Å². The zero-order valence-corrected chi connectivity index (χ0v) is 15.1. The van der Waals surface area contributed by atoms with E-state index in [2.05, 4.69) is 65.3 Å². The lowest BCUT2D eigenvalue weighted by Gasteiger charge is -2.36. The van der Waals surface area contributed by atoms with Crippen LogP contribution in [-0.4, -0.2) is 42.6 Å². The first-order valence-electron chi connectivity index (χ1n) is 9.48. The smallest absolute Gasteiger partial charge is 0.0662 e. The van der Waals surface area contributed by atoms with E-state index in [9.17, 15) is 0 Å². The summed E-state index contributed by atoms with van der Waals surface area (Å²) < 4.78 is 0. The molecule has 1 saturated heterocycles. The highest BCUT2D eigenvalue weighted by Gasteiger charge is 2.17. The molecular weight excluding hydrogens is 306 g/mol. The molecule has 1 aromatic carbocycles. The highest BCUT2D eigenvalue weighted by Crippen LogP contribution is 2.17. The molecule has 4 rings (SSSR count). The first-order chi connectivity index (χ1) is 12.3. The van der Waals surface area contributed by atoms with Crippen molar-refractivity contribution in [3.05, 3.63) is 58.2 Å². The van der Waals surface area contributed by atoms with Crippen molar-refractivity contribution in [3.8, 4) is 0 Å². The van der Waals surface area contributed by atoms with Gasteiger partial charge in [0.1, 0.15) is 0 Å². The monoisotopic (exact) mass is 333 g/mol. The van der Waals surface area contributed by atoms with Crippen molar-refractivity contribution in [1.82, 2.24) is 9.88 Å². The fourth-order valence-electron chi connectivity index (χ4n) is 3.79. The van der Waals surface area contributed by atoms with E-state index in [0.717, 1.165) is 52.0 Å². The first kappa shape index (κ1) is 16.3. The van der Waals surface area contributed by atoms with Gasteiger partial charge in [0.25, 0.3) is 0 Å². The number of nitrogens with zero attached hydrogens (tertiary/aromatic N) is 3. The second-order valence-corrected chi connectivity index (χ2v) is 7.18. The molecule has 25 heavy (non-hydrogen) atoms. The minimum atomic E-state index is 1.05. The van der Waals surface area contributed by atoms with Crippen molar-refractivity contribution < 1.29 is 0 Å². The third-order valence-electron chi connectivity index (χ3n) is 5.31. The average molecular weight is 333 g/mol. The average Bonchev–Trinajstić information content (AvgIpc) is 2.66. The zero-order valence-electron chi connectivity index (χ0n) is 15.1. The van der Waals surface area contributed by atoms with Crippen LogP contribution in [0.1, 0.15) is 24.1 Å². The van der Waals surface area contributed by atoms with Crippen LogP contribution >= 0.6 is 0 Å². The van der Waals surface area contributed by atoms with Crippen LogP contribution in [0.3, 0.4) is 0 Å². The molecule has 2 aliphatic rings. The van der Waals surface area contributed by atoms with Crippen LogP contribution in [0, 0.1) is 6.92 Å². The van der Waals surface area contributed by atoms with Crippen LogP contribution in [0.5, 0.6) is 0 Å². The molecule has 1 aromatic heterocycles. The zero-order chi connectivity index (χ0) is 17.1. The van der Waals surface area contributed by atoms with E-state index >= 15 is 0 Å². The molecule has 0 saturated carbocycles. The number of fused-ring (bicyclic) bond motifs is 1. The van der Waals surface area contributed by atoms with Gasteiger partial charge in [-0.1, -0.05) is 30.4 Å². The SMILES string of the molecule is Cc1cccc(N2CCN(CCc3ccc4c(n3)=CCCC=4)CC2)c1. The van der Waals surface area contributed by atoms with E-state index in [1.54, 1.807) is 0 Å². The number of pyridine rings is 1. The Balaban J connectivity index is 1.32. The van der Waals surface area contributed by atoms with Crippen molar-refractivity contribution in [2.45, 2.75) is 26.2 Å². The van der Waals surface area contributed by atoms with Gasteiger partial charge in [-0.15, -0.1) is 0 Å². The topological polar surface area (TPSA) is 19.4 Å². The van der Waals surface area contributed by atoms with Gasteiger partial charge >= 0.3 is 0 Å². The fourth-order valence-corrected chi connectivity index (χ4v) is 3.79. The molecule has 3 heteroatoms. The number of benzene rings is 1. The van der Waals surface area contributed by atoms with E-state index in [4.69, 9.17) is 4.98 Å². The summed E-state index contributed by atoms with van der Waals surface area (Å²) in [7, 11) is 0. The summed E-state index contributed by atoms with van der Waals surface area (Å²) >= 11 is 0. The van der Waals surface area contributed by atoms with E-state index in [1.165, 1.54) is 27.5 Å². The Morgan fingerprint density at radius 2 is 1.80 bits per heavy atom. The largest absolute Gasteiger partial charge is 0.369 e. The van der Waals surface area contributed by atoms with Crippen LogP contribution in [0.25, 0.3) is 12.2 Å². The third kappa shape index (κ3) is 3.93. The lowest BCUT2D eigenvalue weighted by molar-refractivity contribution is 0.260. The van der Waals surface area contributed by atoms with Crippen LogP contribution in [0.15, 0.2) is 36.4 Å². The number of aromatic nitrogens is 1. The van der Waals surface area contributed by atoms with E-state index in [0.29, 0.717) is 0 Å². The summed E-state index contributed by atoms with van der Waals surface area (Å²) in [5, 5.41) is 2.50. The Labute approximate surface area is 150 Å². The molecule has 0 spiro atoms. The maximum Gasteiger partial charge on any atom is 0.0662 e. The minimum Gasteiger partial charge on any atom is -0.369 e. The Morgan fingerprint density at radius 1 is 0.960 bits per heavy atom. The maximum absolute atomic E-state index is 4.85. The minimum absolute atomic E-state index is 1.05. The third-order valence-corrected chi connectivity index (χ3v) is 5.31. The molecule has 0 N–H and O–H groups in total. The van der Waals surface area contributed by atoms with Crippen LogP contribution in [0.2, 0.25) is 0 Å². The Morgan fingerprint density at radius 3 is 2.64 bits per heavy atom. The molecule has 2 aromatic rings. The molecule has 1 aliphatic heterocycles. The molecule has 3 nitrogen and oxygen atoms in total. The van der Waals surface area contributed by atoms with E-state index in [1.807, 2.05) is 0 Å². The van der Waals surface area contributed by atoms with Crippen molar-refractivity contribution in [1.29, 1.82) is 0 Å². The van der Waals surface area contributed by atoms with Gasteiger partial charge in [-0.2, -0.15) is 0 Å². The summed E-state index contributed by atoms with van der Waals surface area (Å²) in [6.45, 7) is 7.78. The van der Waals surface area contributed by atoms with Gasteiger partial charge in [-0.3, -0.25) is 9.88 Å². The van der Waals surface area contributed by atoms with Gasteiger partial charge in [0.2, 0.25) is 0 Å². The molecule has 0 atom stereocenters. The normalized spacial score (nSPS) is 17.6. The molecule has 0 bridgehead atoms. The fraction of sp³-hybridized carbons (Fsp3) is 0.409. The molecular formula is C22H27N3. The number of piperazine rings is 1. The summed E-state index contributed by atoms with van der Waals surface area (Å²) in [4.78, 5) is 9.92. The van der Waals surface area contributed by atoms with Gasteiger partial charge in [-0.25, -0.2) is 0 Å². The standard InChI is InChI=1S/C22H27N3/c1-18-5-4-7-21(17-18)25-15-13-24(14-16-25)12-11-20-10-9-19-6-2-3-8-22(19)23-20/h4-10,17H,2-3,11-16H2,1H3. The van der Waals surface area contributed by atoms with Crippen LogP contribution < -0.4 is 15.5 Å². The van der Waals surface area contributed by atoms with Gasteiger partial charge in [0.15, 0.2) is 0 Å². The van der Waals surface area contributed by atoms with Gasteiger partial charge in [0, 0.05) is 50.5 Å². The molecule has 1 fully saturated rings. The highest BCUT2D eigenvalue weighted by molar-refractivity contribution is 5.48. The molecule has 2 heterocycles. The second kappa shape index (κ2) is 7.40. The summed E-state index contributed by atoms with van der Waals surface area (Å²) in [5.41, 5.74) is 3.93. The second-order valence-electron chi connectivity index (χ2n) is 7.18. The Hall–Kier alpha value is -2.13. The molecule has 130 valence electrons. The van der Waals surface area contributed by atoms with Crippen molar-refractivity contribution >= 4 is 17.8 Å². The quantitative estimate of drug-likeness (QED) is 0.854. The van der Waals surface area contributed by atoms with Gasteiger partial charge < -0.3 is 4.90 Å². The molecule has 1 aliphatic carbocycles. The van der Waals surface area contributed by atoms with E-state index < -0.39 is 0 Å². The summed E-state index contributed by atoms with van der Waals surface area (Å²) in [5.74, 6) is 0. The summed E-state index contributed by atoms with van der Waals surface area (Å²) in [6, 6.07) is 13.3. The highest BCUT2D eigenvalue weighted by atomic mass is 15.3. The predicted molar refractivity (Wildman–Crippen MR) is 105 cm³/mol. The number of aryl methyl sites for hydroxylation is 1. The molecule has 0 amide bonds. The van der Waals surface area contributed by atoms with Crippen LogP contribution in [-0.2, 0) is 6.42 Å². The van der Waals surface area contributed by atoms with Crippen molar-refractivity contribution in [2.24, 2.45) is 0 Å². The lowest BCUT2D eigenvalue weighted by atomic mass is 10.1. The predicted octanol–water partition coefficient (Wildman–Crippen LogP) is 2.11. The van der Waals surface area contributed by atoms with Crippen molar-refractivity contribution in [3.63, 3.8) is 0 Å². The van der Waals surface area contributed by atoms with Crippen molar-refractivity contribution in [2.75, 3.05) is 37.6 Å². The lowest BCUT2D eigenvalue weighted by Crippen LogP contribution is -2.47. The molecule has 0 radical (unpaired) electrons. The first-order valence-corrected chi connectivity index (χ1v) is 9.48. The number of anilines is 1. The summed E-state index contributed by atoms with van der Waals surface area (Å²) in [6.07, 6.45) is 7.91.